The van der Waals surface area contributed by atoms with Crippen molar-refractivity contribution in [1.29, 1.82) is 5.26 Å². The summed E-state index contributed by atoms with van der Waals surface area (Å²) >= 11 is 0. The molecule has 1 unspecified atom stereocenters. The fraction of sp³-hybridized carbons (Fsp3) is 0.250. The van der Waals surface area contributed by atoms with Crippen LogP contribution in [0.2, 0.25) is 0 Å². The lowest BCUT2D eigenvalue weighted by atomic mass is 10.2. The van der Waals surface area contributed by atoms with Crippen LogP contribution < -0.4 is 0 Å². The summed E-state index contributed by atoms with van der Waals surface area (Å²) in [5, 5.41) is 8.67. The Morgan fingerprint density at radius 2 is 2.46 bits per heavy atom. The minimum atomic E-state index is -0.241. The van der Waals surface area contributed by atoms with Crippen molar-refractivity contribution in [2.45, 2.75) is 12.8 Å². The van der Waals surface area contributed by atoms with Gasteiger partial charge in [-0.2, -0.15) is 5.26 Å². The second-order valence-electron chi connectivity index (χ2n) is 2.73. The lowest BCUT2D eigenvalue weighted by Crippen LogP contribution is -1.91. The van der Waals surface area contributed by atoms with Crippen molar-refractivity contribution in [3.63, 3.8) is 0 Å². The van der Waals surface area contributed by atoms with Gasteiger partial charge in [-0.3, -0.25) is 0 Å². The van der Waals surface area contributed by atoms with Gasteiger partial charge in [0.25, 0.3) is 0 Å². The van der Waals surface area contributed by atoms with E-state index in [0.717, 1.165) is 5.52 Å². The quantitative estimate of drug-likeness (QED) is 0.697. The molecule has 2 aromatic rings. The maximum Gasteiger partial charge on any atom is 0.180 e. The standard InChI is InChI=1S/C8H7N5/c1-5(2-9)7-12-6-3-10-4-11-8(6)13-7/h3-5H,1H3,(H,10,11,12,13). The molecule has 5 heteroatoms. The van der Waals surface area contributed by atoms with Gasteiger partial charge in [-0.25, -0.2) is 15.0 Å². The molecule has 1 N–H and O–H groups in total. The first-order chi connectivity index (χ1) is 6.31. The van der Waals surface area contributed by atoms with Crippen LogP contribution in [0, 0.1) is 11.3 Å². The first kappa shape index (κ1) is 7.68. The summed E-state index contributed by atoms with van der Waals surface area (Å²) < 4.78 is 0. The molecule has 5 nitrogen and oxygen atoms in total. The zero-order valence-electron chi connectivity index (χ0n) is 7.02. The molecule has 0 spiro atoms. The first-order valence-electron chi connectivity index (χ1n) is 3.86. The minimum absolute atomic E-state index is 0.241. The molecule has 64 valence electrons. The van der Waals surface area contributed by atoms with Crippen LogP contribution >= 0.6 is 0 Å². The summed E-state index contributed by atoms with van der Waals surface area (Å²) in [6.45, 7) is 1.78. The van der Waals surface area contributed by atoms with Gasteiger partial charge in [0.1, 0.15) is 23.6 Å². The molecule has 2 heterocycles. The van der Waals surface area contributed by atoms with Crippen LogP contribution in [-0.4, -0.2) is 19.9 Å². The van der Waals surface area contributed by atoms with Crippen LogP contribution in [0.15, 0.2) is 12.5 Å². The van der Waals surface area contributed by atoms with E-state index in [9.17, 15) is 0 Å². The number of aromatic amines is 1. The number of nitrogens with zero attached hydrogens (tertiary/aromatic N) is 4. The Balaban J connectivity index is 2.57. The molecule has 13 heavy (non-hydrogen) atoms. The number of fused-ring (bicyclic) bond motifs is 1. The molecule has 0 saturated carbocycles. The Morgan fingerprint density at radius 3 is 3.15 bits per heavy atom. The molecule has 2 rings (SSSR count). The second-order valence-corrected chi connectivity index (χ2v) is 2.73. The zero-order valence-corrected chi connectivity index (χ0v) is 7.02. The van der Waals surface area contributed by atoms with E-state index in [0.29, 0.717) is 11.5 Å². The number of hydrogen-bond donors (Lipinski definition) is 1. The molecule has 0 aromatic carbocycles. The number of hydrogen-bond acceptors (Lipinski definition) is 4. The molecule has 0 aliphatic rings. The Bertz CT molecular complexity index is 434. The summed E-state index contributed by atoms with van der Waals surface area (Å²) in [6.07, 6.45) is 3.08. The van der Waals surface area contributed by atoms with Gasteiger partial charge in [-0.15, -0.1) is 0 Å². The first-order valence-corrected chi connectivity index (χ1v) is 3.86. The molecule has 0 fully saturated rings. The highest BCUT2D eigenvalue weighted by Gasteiger charge is 2.09. The third kappa shape index (κ3) is 1.22. The molecule has 0 bridgehead atoms. The van der Waals surface area contributed by atoms with Gasteiger partial charge in [0.15, 0.2) is 5.65 Å². The Labute approximate surface area is 74.5 Å². The molecule has 0 amide bonds. The van der Waals surface area contributed by atoms with Crippen LogP contribution in [0.1, 0.15) is 18.7 Å². The van der Waals surface area contributed by atoms with Gasteiger partial charge in [-0.1, -0.05) is 0 Å². The molecule has 0 aliphatic heterocycles. The fourth-order valence-electron chi connectivity index (χ4n) is 1.05. The highest BCUT2D eigenvalue weighted by molar-refractivity contribution is 5.68. The lowest BCUT2D eigenvalue weighted by Gasteiger charge is -1.92. The summed E-state index contributed by atoms with van der Waals surface area (Å²) in [4.78, 5) is 14.9. The van der Waals surface area contributed by atoms with E-state index >= 15 is 0 Å². The third-order valence-corrected chi connectivity index (χ3v) is 1.78. The lowest BCUT2D eigenvalue weighted by molar-refractivity contribution is 0.889. The van der Waals surface area contributed by atoms with Crippen molar-refractivity contribution in [1.82, 2.24) is 19.9 Å². The van der Waals surface area contributed by atoms with E-state index < -0.39 is 0 Å². The number of rotatable bonds is 1. The van der Waals surface area contributed by atoms with Gasteiger partial charge in [0.05, 0.1) is 12.3 Å². The van der Waals surface area contributed by atoms with Crippen LogP contribution in [0.25, 0.3) is 11.2 Å². The third-order valence-electron chi connectivity index (χ3n) is 1.78. The number of nitriles is 1. The Kier molecular flexibility index (Phi) is 1.67. The molecule has 1 atom stereocenters. The summed E-state index contributed by atoms with van der Waals surface area (Å²) in [5.74, 6) is 0.396. The Hall–Kier alpha value is -1.96. The van der Waals surface area contributed by atoms with Crippen LogP contribution in [-0.2, 0) is 0 Å². The van der Waals surface area contributed by atoms with E-state index in [4.69, 9.17) is 5.26 Å². The monoisotopic (exact) mass is 173 g/mol. The van der Waals surface area contributed by atoms with E-state index in [1.807, 2.05) is 0 Å². The van der Waals surface area contributed by atoms with Crippen molar-refractivity contribution in [3.8, 4) is 6.07 Å². The van der Waals surface area contributed by atoms with Crippen LogP contribution in [0.4, 0.5) is 0 Å². The van der Waals surface area contributed by atoms with E-state index in [1.54, 1.807) is 13.1 Å². The average Bonchev–Trinajstić information content (AvgIpc) is 2.59. The summed E-state index contributed by atoms with van der Waals surface area (Å²) in [6, 6.07) is 2.10. The normalized spacial score (nSPS) is 12.6. The van der Waals surface area contributed by atoms with Crippen LogP contribution in [0.5, 0.6) is 0 Å². The molecule has 0 aliphatic carbocycles. The maximum absolute atomic E-state index is 8.67. The van der Waals surface area contributed by atoms with Crippen molar-refractivity contribution in [2.24, 2.45) is 0 Å². The predicted octanol–water partition coefficient (Wildman–Crippen LogP) is 0.980. The second kappa shape index (κ2) is 2.83. The van der Waals surface area contributed by atoms with E-state index in [-0.39, 0.29) is 5.92 Å². The van der Waals surface area contributed by atoms with Crippen molar-refractivity contribution >= 4 is 11.2 Å². The number of nitrogens with one attached hydrogen (secondary N) is 1. The van der Waals surface area contributed by atoms with Gasteiger partial charge in [0.2, 0.25) is 0 Å². The van der Waals surface area contributed by atoms with Gasteiger partial charge in [0, 0.05) is 0 Å². The number of aromatic nitrogens is 4. The smallest absolute Gasteiger partial charge is 0.180 e. The van der Waals surface area contributed by atoms with Gasteiger partial charge in [-0.05, 0) is 6.92 Å². The Morgan fingerprint density at radius 1 is 1.62 bits per heavy atom. The molecule has 0 radical (unpaired) electrons. The van der Waals surface area contributed by atoms with Crippen molar-refractivity contribution < 1.29 is 0 Å². The average molecular weight is 173 g/mol. The predicted molar refractivity (Wildman–Crippen MR) is 45.7 cm³/mol. The molecule has 2 aromatic heterocycles. The minimum Gasteiger partial charge on any atom is -0.338 e. The van der Waals surface area contributed by atoms with E-state index in [2.05, 4.69) is 26.0 Å². The van der Waals surface area contributed by atoms with Crippen molar-refractivity contribution in [3.05, 3.63) is 18.3 Å². The fourth-order valence-corrected chi connectivity index (χ4v) is 1.05. The summed E-state index contributed by atoms with van der Waals surface area (Å²) in [5.41, 5.74) is 1.37. The van der Waals surface area contributed by atoms with Crippen molar-refractivity contribution in [2.75, 3.05) is 0 Å². The number of imidazole rings is 1. The van der Waals surface area contributed by atoms with Crippen LogP contribution in [0.3, 0.4) is 0 Å². The topological polar surface area (TPSA) is 78.2 Å². The van der Waals surface area contributed by atoms with Gasteiger partial charge < -0.3 is 4.98 Å². The van der Waals surface area contributed by atoms with E-state index in [1.165, 1.54) is 6.33 Å². The maximum atomic E-state index is 8.67. The largest absolute Gasteiger partial charge is 0.338 e. The number of H-pyrrole nitrogens is 1. The van der Waals surface area contributed by atoms with Gasteiger partial charge >= 0.3 is 0 Å². The summed E-state index contributed by atoms with van der Waals surface area (Å²) in [7, 11) is 0. The molecular weight excluding hydrogens is 166 g/mol. The highest BCUT2D eigenvalue weighted by Crippen LogP contribution is 2.13. The molecule has 0 saturated heterocycles. The highest BCUT2D eigenvalue weighted by atomic mass is 15.0. The zero-order chi connectivity index (χ0) is 9.26. The SMILES string of the molecule is CC(C#N)c1nc2ncncc2[nH]1. The molecular formula is C8H7N5.